The first-order valence-corrected chi connectivity index (χ1v) is 12.4. The molecule has 0 aliphatic rings. The van der Waals surface area contributed by atoms with Crippen molar-refractivity contribution in [3.63, 3.8) is 0 Å². The van der Waals surface area contributed by atoms with Crippen LogP contribution in [-0.4, -0.2) is 48.0 Å². The first-order chi connectivity index (χ1) is 15.2. The number of nitrogens with zero attached hydrogens (tertiary/aromatic N) is 2. The van der Waals surface area contributed by atoms with Gasteiger partial charge in [0.2, 0.25) is 0 Å². The van der Waals surface area contributed by atoms with Gasteiger partial charge in [-0.25, -0.2) is 18.0 Å². The van der Waals surface area contributed by atoms with Gasteiger partial charge in [0.15, 0.2) is 0 Å². The number of hydrogen-bond acceptors (Lipinski definition) is 13. The van der Waals surface area contributed by atoms with Gasteiger partial charge >= 0.3 is 11.9 Å². The average molecular weight is 500 g/mol. The Kier molecular flexibility index (Phi) is 7.83. The van der Waals surface area contributed by atoms with Gasteiger partial charge in [0, 0.05) is 0 Å². The van der Waals surface area contributed by atoms with Gasteiger partial charge in [-0.05, 0) is 43.0 Å². The Morgan fingerprint density at radius 3 is 2.69 bits per heavy atom. The molecule has 1 atom stereocenters. The third-order valence-corrected chi connectivity index (χ3v) is 7.04. The zero-order valence-corrected chi connectivity index (χ0v) is 19.0. The van der Waals surface area contributed by atoms with Crippen molar-refractivity contribution in [1.29, 1.82) is 0 Å². The number of esters is 2. The first-order valence-electron chi connectivity index (χ1n) is 9.27. The van der Waals surface area contributed by atoms with Gasteiger partial charge in [0.1, 0.15) is 33.1 Å². The fourth-order valence-electron chi connectivity index (χ4n) is 2.67. The minimum Gasteiger partial charge on any atom is -0.388 e. The highest BCUT2D eigenvalue weighted by molar-refractivity contribution is 7.93. The molecule has 32 heavy (non-hydrogen) atoms. The molecule has 0 saturated carbocycles. The second-order valence-corrected chi connectivity index (χ2v) is 9.69. The molecule has 0 radical (unpaired) electrons. The van der Waals surface area contributed by atoms with Crippen LogP contribution in [0.2, 0.25) is 0 Å². The molecule has 0 spiro atoms. The van der Waals surface area contributed by atoms with Crippen molar-refractivity contribution in [2.45, 2.75) is 30.1 Å². The van der Waals surface area contributed by atoms with Crippen molar-refractivity contribution in [2.75, 3.05) is 11.3 Å². The lowest BCUT2D eigenvalue weighted by atomic mass is 10.2. The number of sulfonamides is 1. The molecule has 172 valence electrons. The Hall–Kier alpha value is -2.53. The fraction of sp³-hybridized carbons (Fsp3) is 0.294. The Labute approximate surface area is 191 Å². The van der Waals surface area contributed by atoms with E-state index in [1.54, 1.807) is 6.07 Å². The molecule has 15 heteroatoms. The van der Waals surface area contributed by atoms with Crippen LogP contribution in [0, 0.1) is 0 Å². The van der Waals surface area contributed by atoms with E-state index in [1.165, 1.54) is 23.6 Å². The summed E-state index contributed by atoms with van der Waals surface area (Å²) in [6.07, 6.45) is 0.0391. The summed E-state index contributed by atoms with van der Waals surface area (Å²) in [6, 6.07) is 4.92. The zero-order valence-electron chi connectivity index (χ0n) is 16.6. The number of carbonyl (C=O) groups excluding carboxylic acids is 2. The second kappa shape index (κ2) is 10.4. The van der Waals surface area contributed by atoms with Crippen molar-refractivity contribution < 1.29 is 22.7 Å². The van der Waals surface area contributed by atoms with Crippen molar-refractivity contribution in [3.05, 3.63) is 34.5 Å². The first kappa shape index (κ1) is 24.1. The number of carbonyl (C=O) groups is 2. The largest absolute Gasteiger partial charge is 0.388 e. The number of anilines is 1. The molecule has 3 aromatic rings. The highest BCUT2D eigenvalue weighted by atomic mass is 32.2. The quantitative estimate of drug-likeness (QED) is 0.110. The van der Waals surface area contributed by atoms with Crippen LogP contribution in [-0.2, 0) is 19.6 Å². The third-order valence-electron chi connectivity index (χ3n) is 4.20. The van der Waals surface area contributed by atoms with E-state index in [0.29, 0.717) is 18.5 Å². The summed E-state index contributed by atoms with van der Waals surface area (Å²) in [4.78, 5) is 24.4. The molecule has 2 heterocycles. The predicted octanol–water partition coefficient (Wildman–Crippen LogP) is 0.135. The van der Waals surface area contributed by atoms with E-state index < -0.39 is 34.3 Å². The standard InChI is InChI=1S/C17H21N7O5S3/c18-9(3-2-7-21-17(19)20)15(25)29-16(26)14-11(6-8-30-14)24-32(27,28)12-5-1-4-10-13(12)23-31-22-10/h1,4-6,8-9,17,21,24H,2-3,7,18-20H2/t9-/m0/s1. The Morgan fingerprint density at radius 2 is 1.94 bits per heavy atom. The molecule has 12 nitrogen and oxygen atoms in total. The normalized spacial score (nSPS) is 12.8. The Bertz CT molecular complexity index is 1210. The molecule has 0 saturated heterocycles. The number of hydrogen-bond donors (Lipinski definition) is 5. The molecule has 0 fully saturated rings. The summed E-state index contributed by atoms with van der Waals surface area (Å²) in [5.74, 6) is -1.93. The van der Waals surface area contributed by atoms with Crippen molar-refractivity contribution in [1.82, 2.24) is 14.1 Å². The van der Waals surface area contributed by atoms with Crippen LogP contribution in [0.3, 0.4) is 0 Å². The highest BCUT2D eigenvalue weighted by Crippen LogP contribution is 2.28. The zero-order chi connectivity index (χ0) is 23.3. The Morgan fingerprint density at radius 1 is 1.16 bits per heavy atom. The monoisotopic (exact) mass is 499 g/mol. The molecule has 0 bridgehead atoms. The molecule has 0 amide bonds. The summed E-state index contributed by atoms with van der Waals surface area (Å²) >= 11 is 1.81. The molecule has 2 aromatic heterocycles. The Balaban J connectivity index is 1.66. The molecule has 0 aliphatic heterocycles. The van der Waals surface area contributed by atoms with Crippen molar-refractivity contribution in [2.24, 2.45) is 17.2 Å². The topological polar surface area (TPSA) is 205 Å². The number of thiophene rings is 1. The van der Waals surface area contributed by atoms with E-state index >= 15 is 0 Å². The van der Waals surface area contributed by atoms with Crippen LogP contribution in [0.1, 0.15) is 22.5 Å². The number of benzene rings is 1. The highest BCUT2D eigenvalue weighted by Gasteiger charge is 2.26. The van der Waals surface area contributed by atoms with E-state index in [-0.39, 0.29) is 27.4 Å². The fourth-order valence-corrected chi connectivity index (χ4v) is 5.30. The van der Waals surface area contributed by atoms with Crippen molar-refractivity contribution >= 4 is 61.7 Å². The van der Waals surface area contributed by atoms with Gasteiger partial charge in [-0.1, -0.05) is 6.07 Å². The van der Waals surface area contributed by atoms with Crippen LogP contribution in [0.4, 0.5) is 5.69 Å². The number of ether oxygens (including phenoxy) is 1. The number of aromatic nitrogens is 2. The lowest BCUT2D eigenvalue weighted by Crippen LogP contribution is -2.45. The van der Waals surface area contributed by atoms with Gasteiger partial charge in [-0.15, -0.1) is 11.3 Å². The molecule has 1 aromatic carbocycles. The van der Waals surface area contributed by atoms with Crippen LogP contribution in [0.15, 0.2) is 34.5 Å². The maximum Gasteiger partial charge on any atom is 0.358 e. The van der Waals surface area contributed by atoms with Gasteiger partial charge in [0.05, 0.1) is 17.4 Å². The number of rotatable bonds is 10. The van der Waals surface area contributed by atoms with E-state index in [2.05, 4.69) is 18.8 Å². The minimum absolute atomic E-state index is 0.0253. The maximum atomic E-state index is 12.9. The van der Waals surface area contributed by atoms with Gasteiger partial charge in [0.25, 0.3) is 10.0 Å². The maximum absolute atomic E-state index is 12.9. The summed E-state index contributed by atoms with van der Waals surface area (Å²) in [5, 5.41) is 4.26. The SMILES string of the molecule is NC(N)NCCC[C@H](N)C(=O)OC(=O)c1sccc1NS(=O)(=O)c1cccc2nsnc12. The average Bonchev–Trinajstić information content (AvgIpc) is 3.39. The minimum atomic E-state index is -4.09. The number of fused-ring (bicyclic) bond motifs is 1. The molecular weight excluding hydrogens is 478 g/mol. The predicted molar refractivity (Wildman–Crippen MR) is 120 cm³/mol. The van der Waals surface area contributed by atoms with E-state index in [4.69, 9.17) is 21.9 Å². The van der Waals surface area contributed by atoms with Crippen LogP contribution in [0.25, 0.3) is 11.0 Å². The third kappa shape index (κ3) is 5.83. The number of nitrogens with one attached hydrogen (secondary N) is 2. The van der Waals surface area contributed by atoms with Gasteiger partial charge in [-0.2, -0.15) is 8.75 Å². The lowest BCUT2D eigenvalue weighted by molar-refractivity contribution is -0.139. The summed E-state index contributed by atoms with van der Waals surface area (Å²) in [5.41, 5.74) is 17.1. The molecule has 8 N–H and O–H groups in total. The molecular formula is C17H21N7O5S3. The van der Waals surface area contributed by atoms with Crippen LogP contribution in [0.5, 0.6) is 0 Å². The van der Waals surface area contributed by atoms with E-state index in [1.807, 2.05) is 0 Å². The summed E-state index contributed by atoms with van der Waals surface area (Å²) < 4.78 is 41.0. The van der Waals surface area contributed by atoms with E-state index in [9.17, 15) is 18.0 Å². The molecule has 3 rings (SSSR count). The van der Waals surface area contributed by atoms with Crippen molar-refractivity contribution in [3.8, 4) is 0 Å². The second-order valence-electron chi connectivity index (χ2n) is 6.59. The summed E-state index contributed by atoms with van der Waals surface area (Å²) in [7, 11) is -4.09. The lowest BCUT2D eigenvalue weighted by Gasteiger charge is -2.12. The molecule has 0 unspecified atom stereocenters. The van der Waals surface area contributed by atoms with Gasteiger partial charge in [-0.3, -0.25) is 10.0 Å². The summed E-state index contributed by atoms with van der Waals surface area (Å²) in [6.45, 7) is 0.435. The van der Waals surface area contributed by atoms with Crippen LogP contribution >= 0.6 is 23.1 Å². The smallest absolute Gasteiger partial charge is 0.358 e. The van der Waals surface area contributed by atoms with Crippen LogP contribution < -0.4 is 27.2 Å². The van der Waals surface area contributed by atoms with E-state index in [0.717, 1.165) is 23.1 Å². The molecule has 0 aliphatic carbocycles. The number of nitrogens with two attached hydrogens (primary N) is 3. The van der Waals surface area contributed by atoms with Gasteiger partial charge < -0.3 is 21.9 Å².